The first-order valence-corrected chi connectivity index (χ1v) is 5.37. The molecule has 0 bridgehead atoms. The summed E-state index contributed by atoms with van der Waals surface area (Å²) in [5.41, 5.74) is 0.875. The van der Waals surface area contributed by atoms with Crippen LogP contribution in [0.2, 0.25) is 5.02 Å². The molecule has 17 heavy (non-hydrogen) atoms. The minimum atomic E-state index is 0.497. The van der Waals surface area contributed by atoms with E-state index in [4.69, 9.17) is 16.3 Å². The third-order valence-corrected chi connectivity index (χ3v) is 2.69. The maximum atomic E-state index is 6.11. The van der Waals surface area contributed by atoms with Gasteiger partial charge in [0.15, 0.2) is 0 Å². The number of aryl methyl sites for hydroxylation is 1. The zero-order valence-corrected chi connectivity index (χ0v) is 10.3. The number of aromatic nitrogens is 4. The maximum Gasteiger partial charge on any atom is 0.242 e. The van der Waals surface area contributed by atoms with Crippen molar-refractivity contribution in [3.63, 3.8) is 0 Å². The summed E-state index contributed by atoms with van der Waals surface area (Å²) in [5.74, 6) is 1.31. The van der Waals surface area contributed by atoms with E-state index in [0.717, 1.165) is 11.3 Å². The lowest BCUT2D eigenvalue weighted by atomic mass is 10.2. The number of halogens is 1. The Morgan fingerprint density at radius 2 is 2.29 bits per heavy atom. The lowest BCUT2D eigenvalue weighted by Crippen LogP contribution is -2.07. The summed E-state index contributed by atoms with van der Waals surface area (Å²) in [6, 6.07) is 5.52. The van der Waals surface area contributed by atoms with Gasteiger partial charge in [0.05, 0.1) is 7.11 Å². The number of anilines is 1. The topological polar surface area (TPSA) is 64.9 Å². The number of hydrogen-bond donors (Lipinski definition) is 1. The van der Waals surface area contributed by atoms with Gasteiger partial charge in [-0.25, -0.2) is 4.68 Å². The predicted octanol–water partition coefficient (Wildman–Crippen LogP) is 1.48. The molecule has 0 radical (unpaired) electrons. The van der Waals surface area contributed by atoms with Gasteiger partial charge in [-0.15, -0.1) is 0 Å². The highest BCUT2D eigenvalue weighted by Crippen LogP contribution is 2.26. The first-order chi connectivity index (χ1) is 8.22. The fourth-order valence-corrected chi connectivity index (χ4v) is 1.68. The van der Waals surface area contributed by atoms with E-state index in [0.29, 0.717) is 17.5 Å². The van der Waals surface area contributed by atoms with Crippen molar-refractivity contribution in [2.24, 2.45) is 7.05 Å². The molecule has 1 aromatic carbocycles. The Bertz CT molecular complexity index is 513. The Labute approximate surface area is 104 Å². The standard InChI is InChI=1S/C10H12ClN5O/c1-16-10(13-14-15-16)12-6-7-8(11)4-3-5-9(7)17-2/h3-5H,6H2,1-2H3,(H,12,13,15). The largest absolute Gasteiger partial charge is 0.496 e. The Balaban J connectivity index is 2.16. The molecule has 0 aliphatic heterocycles. The number of tetrazole rings is 1. The number of nitrogens with one attached hydrogen (secondary N) is 1. The normalized spacial score (nSPS) is 10.3. The van der Waals surface area contributed by atoms with Crippen LogP contribution in [0, 0.1) is 0 Å². The van der Waals surface area contributed by atoms with Crippen molar-refractivity contribution in [3.8, 4) is 5.75 Å². The number of benzene rings is 1. The SMILES string of the molecule is COc1cccc(Cl)c1CNc1nnnn1C. The molecule has 0 spiro atoms. The quantitative estimate of drug-likeness (QED) is 0.894. The molecular weight excluding hydrogens is 242 g/mol. The molecule has 0 aliphatic carbocycles. The van der Waals surface area contributed by atoms with Gasteiger partial charge in [-0.2, -0.15) is 0 Å². The molecule has 0 aliphatic rings. The van der Waals surface area contributed by atoms with Gasteiger partial charge in [0.25, 0.3) is 0 Å². The van der Waals surface area contributed by atoms with Crippen LogP contribution in [0.4, 0.5) is 5.95 Å². The van der Waals surface area contributed by atoms with E-state index in [1.54, 1.807) is 18.8 Å². The van der Waals surface area contributed by atoms with Crippen molar-refractivity contribution >= 4 is 17.5 Å². The van der Waals surface area contributed by atoms with Crippen molar-refractivity contribution < 1.29 is 4.74 Å². The fourth-order valence-electron chi connectivity index (χ4n) is 1.45. The molecule has 0 fully saturated rings. The number of methoxy groups -OCH3 is 1. The second-order valence-corrected chi connectivity index (χ2v) is 3.81. The highest BCUT2D eigenvalue weighted by Gasteiger charge is 2.08. The molecule has 0 saturated carbocycles. The second-order valence-electron chi connectivity index (χ2n) is 3.40. The molecule has 0 unspecified atom stereocenters. The van der Waals surface area contributed by atoms with Gasteiger partial charge >= 0.3 is 0 Å². The lowest BCUT2D eigenvalue weighted by Gasteiger charge is -2.10. The van der Waals surface area contributed by atoms with E-state index in [2.05, 4.69) is 20.8 Å². The minimum absolute atomic E-state index is 0.497. The minimum Gasteiger partial charge on any atom is -0.496 e. The summed E-state index contributed by atoms with van der Waals surface area (Å²) in [5, 5.41) is 14.8. The highest BCUT2D eigenvalue weighted by atomic mass is 35.5. The van der Waals surface area contributed by atoms with Gasteiger partial charge in [0.2, 0.25) is 5.95 Å². The third-order valence-electron chi connectivity index (χ3n) is 2.34. The van der Waals surface area contributed by atoms with E-state index in [9.17, 15) is 0 Å². The molecule has 1 N–H and O–H groups in total. The molecule has 90 valence electrons. The Morgan fingerprint density at radius 3 is 2.94 bits per heavy atom. The van der Waals surface area contributed by atoms with Gasteiger partial charge in [0.1, 0.15) is 5.75 Å². The van der Waals surface area contributed by atoms with Gasteiger partial charge in [-0.05, 0) is 22.6 Å². The molecule has 6 nitrogen and oxygen atoms in total. The zero-order valence-electron chi connectivity index (χ0n) is 9.51. The van der Waals surface area contributed by atoms with Crippen molar-refractivity contribution in [2.45, 2.75) is 6.54 Å². The molecule has 1 aromatic heterocycles. The summed E-state index contributed by atoms with van der Waals surface area (Å²) >= 11 is 6.11. The maximum absolute atomic E-state index is 6.11. The van der Waals surface area contributed by atoms with Crippen LogP contribution in [0.3, 0.4) is 0 Å². The van der Waals surface area contributed by atoms with Crippen LogP contribution in [0.25, 0.3) is 0 Å². The summed E-state index contributed by atoms with van der Waals surface area (Å²) in [7, 11) is 3.37. The molecule has 0 saturated heterocycles. The van der Waals surface area contributed by atoms with Gasteiger partial charge in [-0.1, -0.05) is 22.8 Å². The lowest BCUT2D eigenvalue weighted by molar-refractivity contribution is 0.410. The van der Waals surface area contributed by atoms with Crippen LogP contribution in [0.1, 0.15) is 5.56 Å². The van der Waals surface area contributed by atoms with E-state index in [1.807, 2.05) is 18.2 Å². The first-order valence-electron chi connectivity index (χ1n) is 5.00. The summed E-state index contributed by atoms with van der Waals surface area (Å²) < 4.78 is 6.79. The molecule has 0 atom stereocenters. The Kier molecular flexibility index (Phi) is 3.43. The third kappa shape index (κ3) is 2.47. The van der Waals surface area contributed by atoms with Crippen LogP contribution in [0.5, 0.6) is 5.75 Å². The number of ether oxygens (including phenoxy) is 1. The Hall–Kier alpha value is -1.82. The monoisotopic (exact) mass is 253 g/mol. The summed E-state index contributed by atoms with van der Waals surface area (Å²) in [6.07, 6.45) is 0. The summed E-state index contributed by atoms with van der Waals surface area (Å²) in [6.45, 7) is 0.497. The van der Waals surface area contributed by atoms with E-state index in [-0.39, 0.29) is 0 Å². The van der Waals surface area contributed by atoms with Crippen LogP contribution in [-0.2, 0) is 13.6 Å². The molecule has 7 heteroatoms. The van der Waals surface area contributed by atoms with E-state index in [1.165, 1.54) is 0 Å². The van der Waals surface area contributed by atoms with E-state index < -0.39 is 0 Å². The van der Waals surface area contributed by atoms with Crippen molar-refractivity contribution in [1.82, 2.24) is 20.2 Å². The molecule has 0 amide bonds. The van der Waals surface area contributed by atoms with Crippen molar-refractivity contribution in [2.75, 3.05) is 12.4 Å². The zero-order chi connectivity index (χ0) is 12.3. The predicted molar refractivity (Wildman–Crippen MR) is 64.1 cm³/mol. The van der Waals surface area contributed by atoms with Crippen LogP contribution < -0.4 is 10.1 Å². The van der Waals surface area contributed by atoms with Crippen molar-refractivity contribution in [3.05, 3.63) is 28.8 Å². The molecule has 1 heterocycles. The first kappa shape index (κ1) is 11.7. The highest BCUT2D eigenvalue weighted by molar-refractivity contribution is 6.31. The fraction of sp³-hybridized carbons (Fsp3) is 0.300. The summed E-state index contributed by atoms with van der Waals surface area (Å²) in [4.78, 5) is 0. The van der Waals surface area contributed by atoms with Crippen LogP contribution >= 0.6 is 11.6 Å². The second kappa shape index (κ2) is 5.01. The number of hydrogen-bond acceptors (Lipinski definition) is 5. The molecular formula is C10H12ClN5O. The van der Waals surface area contributed by atoms with Crippen molar-refractivity contribution in [1.29, 1.82) is 0 Å². The molecule has 2 aromatic rings. The average molecular weight is 254 g/mol. The Morgan fingerprint density at radius 1 is 1.47 bits per heavy atom. The number of rotatable bonds is 4. The number of nitrogens with zero attached hydrogens (tertiary/aromatic N) is 4. The average Bonchev–Trinajstić information content (AvgIpc) is 2.73. The van der Waals surface area contributed by atoms with Crippen LogP contribution in [0.15, 0.2) is 18.2 Å². The van der Waals surface area contributed by atoms with Gasteiger partial charge < -0.3 is 10.1 Å². The van der Waals surface area contributed by atoms with Crippen LogP contribution in [-0.4, -0.2) is 27.3 Å². The van der Waals surface area contributed by atoms with E-state index >= 15 is 0 Å². The molecule has 2 rings (SSSR count). The smallest absolute Gasteiger partial charge is 0.242 e. The van der Waals surface area contributed by atoms with Gasteiger partial charge in [-0.3, -0.25) is 0 Å². The van der Waals surface area contributed by atoms with Gasteiger partial charge in [0, 0.05) is 24.2 Å².